The fourth-order valence-corrected chi connectivity index (χ4v) is 8.41. The Labute approximate surface area is 262 Å². The van der Waals surface area contributed by atoms with Gasteiger partial charge in [0, 0.05) is 52.8 Å². The SMILES string of the molecule is c1cc(-c2cccc3c2[nH]c2ccc(-c4cccc5oc6ccccc6c45)cc23)cc(-c2cccc3c2sc2ccccc23)c1. The van der Waals surface area contributed by atoms with Crippen LogP contribution in [0.15, 0.2) is 150 Å². The Morgan fingerprint density at radius 1 is 0.444 bits per heavy atom. The molecular formula is C42H25NOS. The molecule has 7 aromatic carbocycles. The summed E-state index contributed by atoms with van der Waals surface area (Å²) in [6.07, 6.45) is 0. The van der Waals surface area contributed by atoms with Crippen molar-refractivity contribution in [1.29, 1.82) is 0 Å². The minimum atomic E-state index is 0.918. The van der Waals surface area contributed by atoms with Gasteiger partial charge in [0.1, 0.15) is 11.2 Å². The number of thiophene rings is 1. The lowest BCUT2D eigenvalue weighted by Gasteiger charge is -2.09. The zero-order chi connectivity index (χ0) is 29.5. The molecule has 2 nitrogen and oxygen atoms in total. The number of H-pyrrole nitrogens is 1. The number of hydrogen-bond acceptors (Lipinski definition) is 2. The van der Waals surface area contributed by atoms with E-state index in [1.807, 2.05) is 23.5 Å². The van der Waals surface area contributed by atoms with Crippen LogP contribution < -0.4 is 0 Å². The second kappa shape index (κ2) is 9.43. The maximum absolute atomic E-state index is 6.20. The normalized spacial score (nSPS) is 12.0. The van der Waals surface area contributed by atoms with Crippen molar-refractivity contribution in [2.24, 2.45) is 0 Å². The van der Waals surface area contributed by atoms with Crippen molar-refractivity contribution < 1.29 is 4.42 Å². The highest BCUT2D eigenvalue weighted by Crippen LogP contribution is 2.42. The molecule has 3 heterocycles. The summed E-state index contributed by atoms with van der Waals surface area (Å²) in [6.45, 7) is 0. The Morgan fingerprint density at radius 2 is 1.11 bits per heavy atom. The third-order valence-corrected chi connectivity index (χ3v) is 10.5. The maximum Gasteiger partial charge on any atom is 0.136 e. The monoisotopic (exact) mass is 591 g/mol. The van der Waals surface area contributed by atoms with Crippen molar-refractivity contribution in [2.45, 2.75) is 0 Å². The molecule has 1 N–H and O–H groups in total. The Morgan fingerprint density at radius 3 is 2.04 bits per heavy atom. The number of aromatic amines is 1. The van der Waals surface area contributed by atoms with Crippen LogP contribution in [-0.4, -0.2) is 4.98 Å². The molecule has 0 aliphatic rings. The number of fused-ring (bicyclic) bond motifs is 9. The van der Waals surface area contributed by atoms with E-state index in [0.29, 0.717) is 0 Å². The summed E-state index contributed by atoms with van der Waals surface area (Å²) >= 11 is 1.88. The van der Waals surface area contributed by atoms with E-state index >= 15 is 0 Å². The number of para-hydroxylation sites is 2. The molecule has 3 heteroatoms. The molecule has 0 atom stereocenters. The van der Waals surface area contributed by atoms with Crippen molar-refractivity contribution in [3.63, 3.8) is 0 Å². The van der Waals surface area contributed by atoms with Gasteiger partial charge in [-0.2, -0.15) is 0 Å². The Kier molecular flexibility index (Phi) is 5.19. The van der Waals surface area contributed by atoms with Gasteiger partial charge in [0.05, 0.1) is 5.52 Å². The molecule has 0 saturated carbocycles. The highest BCUT2D eigenvalue weighted by atomic mass is 32.1. The van der Waals surface area contributed by atoms with Crippen LogP contribution in [0, 0.1) is 0 Å². The predicted molar refractivity (Wildman–Crippen MR) is 192 cm³/mol. The van der Waals surface area contributed by atoms with E-state index in [-0.39, 0.29) is 0 Å². The van der Waals surface area contributed by atoms with Gasteiger partial charge >= 0.3 is 0 Å². The van der Waals surface area contributed by atoms with Crippen LogP contribution in [0.3, 0.4) is 0 Å². The second-order valence-corrected chi connectivity index (χ2v) is 12.8. The number of nitrogens with one attached hydrogen (secondary N) is 1. The van der Waals surface area contributed by atoms with Crippen molar-refractivity contribution in [2.75, 3.05) is 0 Å². The van der Waals surface area contributed by atoms with Crippen molar-refractivity contribution in [3.8, 4) is 33.4 Å². The van der Waals surface area contributed by atoms with Gasteiger partial charge in [0.15, 0.2) is 0 Å². The first kappa shape index (κ1) is 24.8. The molecule has 45 heavy (non-hydrogen) atoms. The topological polar surface area (TPSA) is 28.9 Å². The van der Waals surface area contributed by atoms with Crippen LogP contribution in [-0.2, 0) is 0 Å². The first-order valence-corrected chi connectivity index (χ1v) is 16.1. The zero-order valence-corrected chi connectivity index (χ0v) is 25.0. The highest BCUT2D eigenvalue weighted by molar-refractivity contribution is 7.26. The summed E-state index contributed by atoms with van der Waals surface area (Å²) in [5.41, 5.74) is 11.4. The van der Waals surface area contributed by atoms with Gasteiger partial charge < -0.3 is 9.40 Å². The molecule has 0 bridgehead atoms. The minimum Gasteiger partial charge on any atom is -0.456 e. The lowest BCUT2D eigenvalue weighted by molar-refractivity contribution is 0.669. The highest BCUT2D eigenvalue weighted by Gasteiger charge is 2.16. The summed E-state index contributed by atoms with van der Waals surface area (Å²) < 4.78 is 8.87. The third-order valence-electron chi connectivity index (χ3n) is 9.24. The molecular weight excluding hydrogens is 567 g/mol. The third kappa shape index (κ3) is 3.68. The summed E-state index contributed by atoms with van der Waals surface area (Å²) in [5, 5.41) is 7.42. The quantitative estimate of drug-likeness (QED) is 0.218. The average Bonchev–Trinajstić information content (AvgIpc) is 3.79. The van der Waals surface area contributed by atoms with Crippen LogP contribution in [0.4, 0.5) is 0 Å². The number of furan rings is 1. The summed E-state index contributed by atoms with van der Waals surface area (Å²) in [4.78, 5) is 3.78. The van der Waals surface area contributed by atoms with E-state index in [1.165, 1.54) is 69.7 Å². The number of rotatable bonds is 3. The fraction of sp³-hybridized carbons (Fsp3) is 0. The molecule has 0 spiro atoms. The maximum atomic E-state index is 6.20. The van der Waals surface area contributed by atoms with Gasteiger partial charge in [-0.05, 0) is 64.2 Å². The lowest BCUT2D eigenvalue weighted by Crippen LogP contribution is -1.83. The van der Waals surface area contributed by atoms with Gasteiger partial charge in [-0.1, -0.05) is 109 Å². The van der Waals surface area contributed by atoms with E-state index < -0.39 is 0 Å². The van der Waals surface area contributed by atoms with Crippen LogP contribution in [0.5, 0.6) is 0 Å². The second-order valence-electron chi connectivity index (χ2n) is 11.8. The van der Waals surface area contributed by atoms with Crippen LogP contribution >= 0.6 is 11.3 Å². The van der Waals surface area contributed by atoms with Crippen LogP contribution in [0.1, 0.15) is 0 Å². The fourth-order valence-electron chi connectivity index (χ4n) is 7.17. The van der Waals surface area contributed by atoms with Gasteiger partial charge in [0.25, 0.3) is 0 Å². The standard InChI is InChI=1S/C42H25NOS/c1-3-18-37-34(12-1)40-28(13-8-19-38(40)44-37)27-21-22-36-35(24-27)32-16-6-14-29(41(32)43-36)25-9-5-10-26(23-25)30-15-7-17-33-31-11-2-4-20-39(31)45-42(30)33/h1-24,43H. The molecule has 210 valence electrons. The molecule has 0 aliphatic heterocycles. The van der Waals surface area contributed by atoms with Crippen LogP contribution in [0.25, 0.3) is 97.3 Å². The van der Waals surface area contributed by atoms with Crippen LogP contribution in [0.2, 0.25) is 0 Å². The number of hydrogen-bond donors (Lipinski definition) is 1. The van der Waals surface area contributed by atoms with E-state index in [9.17, 15) is 0 Å². The van der Waals surface area contributed by atoms with E-state index in [4.69, 9.17) is 4.42 Å². The summed E-state index contributed by atoms with van der Waals surface area (Å²) in [7, 11) is 0. The molecule has 0 amide bonds. The number of benzene rings is 7. The van der Waals surface area contributed by atoms with E-state index in [1.54, 1.807) is 0 Å². The molecule has 0 fully saturated rings. The van der Waals surface area contributed by atoms with E-state index in [2.05, 4.69) is 138 Å². The average molecular weight is 592 g/mol. The molecule has 0 aliphatic carbocycles. The van der Waals surface area contributed by atoms with E-state index in [0.717, 1.165) is 27.6 Å². The number of aromatic nitrogens is 1. The summed E-state index contributed by atoms with van der Waals surface area (Å²) in [6, 6.07) is 52.5. The van der Waals surface area contributed by atoms with Crippen molar-refractivity contribution in [1.82, 2.24) is 4.98 Å². The van der Waals surface area contributed by atoms with Gasteiger partial charge in [-0.3, -0.25) is 0 Å². The summed E-state index contributed by atoms with van der Waals surface area (Å²) in [5.74, 6) is 0. The first-order valence-electron chi connectivity index (χ1n) is 15.3. The van der Waals surface area contributed by atoms with Crippen molar-refractivity contribution in [3.05, 3.63) is 146 Å². The van der Waals surface area contributed by atoms with Gasteiger partial charge in [-0.25, -0.2) is 0 Å². The molecule has 0 unspecified atom stereocenters. The lowest BCUT2D eigenvalue weighted by atomic mass is 9.96. The van der Waals surface area contributed by atoms with Crippen molar-refractivity contribution >= 4 is 75.3 Å². The molecule has 10 rings (SSSR count). The zero-order valence-electron chi connectivity index (χ0n) is 24.2. The molecule has 10 aromatic rings. The predicted octanol–water partition coefficient (Wildman–Crippen LogP) is 12.6. The largest absolute Gasteiger partial charge is 0.456 e. The molecule has 0 saturated heterocycles. The van der Waals surface area contributed by atoms with Gasteiger partial charge in [0.2, 0.25) is 0 Å². The Hall–Kier alpha value is -5.64. The molecule has 0 radical (unpaired) electrons. The Balaban J connectivity index is 1.13. The molecule has 3 aromatic heterocycles. The smallest absolute Gasteiger partial charge is 0.136 e. The Bertz CT molecular complexity index is 2770. The first-order chi connectivity index (χ1) is 22.3. The minimum absolute atomic E-state index is 0.918. The van der Waals surface area contributed by atoms with Gasteiger partial charge in [-0.15, -0.1) is 11.3 Å².